The van der Waals surface area contributed by atoms with Crippen molar-refractivity contribution < 1.29 is 4.79 Å². The molecular formula is C14H17IN2O. The maximum Gasteiger partial charge on any atom is 0.262 e. The molecule has 96 valence electrons. The Morgan fingerprint density at radius 3 is 2.61 bits per heavy atom. The van der Waals surface area contributed by atoms with Crippen LogP contribution in [0.15, 0.2) is 18.2 Å². The summed E-state index contributed by atoms with van der Waals surface area (Å²) in [5, 5.41) is 0. The molecule has 3 rings (SSSR count). The van der Waals surface area contributed by atoms with Gasteiger partial charge in [-0.05, 0) is 43.4 Å². The number of benzene rings is 1. The van der Waals surface area contributed by atoms with Crippen molar-refractivity contribution >= 4 is 34.5 Å². The average molecular weight is 356 g/mol. The van der Waals surface area contributed by atoms with Gasteiger partial charge in [-0.3, -0.25) is 7.91 Å². The summed E-state index contributed by atoms with van der Waals surface area (Å²) in [7, 11) is 0. The lowest BCUT2D eigenvalue weighted by Crippen LogP contribution is -2.34. The van der Waals surface area contributed by atoms with Crippen molar-refractivity contribution in [3.63, 3.8) is 0 Å². The molecule has 0 radical (unpaired) electrons. The first kappa shape index (κ1) is 12.3. The Kier molecular flexibility index (Phi) is 3.46. The van der Waals surface area contributed by atoms with Crippen molar-refractivity contribution in [1.29, 1.82) is 0 Å². The zero-order valence-electron chi connectivity index (χ0n) is 10.4. The van der Waals surface area contributed by atoms with Gasteiger partial charge in [-0.2, -0.15) is 0 Å². The third kappa shape index (κ3) is 2.11. The molecular weight excluding hydrogens is 339 g/mol. The van der Waals surface area contributed by atoms with E-state index in [2.05, 4.69) is 33.8 Å². The van der Waals surface area contributed by atoms with Crippen molar-refractivity contribution in [2.45, 2.75) is 25.7 Å². The monoisotopic (exact) mass is 356 g/mol. The first-order chi connectivity index (χ1) is 8.77. The molecule has 2 aliphatic rings. The summed E-state index contributed by atoms with van der Waals surface area (Å²) in [4.78, 5) is 14.6. The molecule has 2 heterocycles. The van der Waals surface area contributed by atoms with Gasteiger partial charge in [0.15, 0.2) is 0 Å². The van der Waals surface area contributed by atoms with E-state index < -0.39 is 0 Å². The molecule has 1 saturated heterocycles. The summed E-state index contributed by atoms with van der Waals surface area (Å²) < 4.78 is 1.79. The molecule has 0 unspecified atom stereocenters. The van der Waals surface area contributed by atoms with Crippen LogP contribution in [-0.4, -0.2) is 28.7 Å². The van der Waals surface area contributed by atoms with E-state index >= 15 is 0 Å². The highest BCUT2D eigenvalue weighted by molar-refractivity contribution is 14.1. The number of fused-ring (bicyclic) bond motifs is 1. The van der Waals surface area contributed by atoms with Gasteiger partial charge in [0.2, 0.25) is 0 Å². The minimum Gasteiger partial charge on any atom is -0.371 e. The van der Waals surface area contributed by atoms with Crippen LogP contribution in [0.1, 0.15) is 35.2 Å². The summed E-state index contributed by atoms with van der Waals surface area (Å²) >= 11 is 2.12. The smallest absolute Gasteiger partial charge is 0.262 e. The number of piperidine rings is 1. The number of halogens is 1. The lowest BCUT2D eigenvalue weighted by atomic mass is 9.96. The lowest BCUT2D eigenvalue weighted by molar-refractivity contribution is 0.0878. The Morgan fingerprint density at radius 1 is 1.06 bits per heavy atom. The molecule has 1 aromatic rings. The van der Waals surface area contributed by atoms with Gasteiger partial charge >= 0.3 is 0 Å². The highest BCUT2D eigenvalue weighted by Gasteiger charge is 2.26. The first-order valence-corrected chi connectivity index (χ1v) is 7.58. The van der Waals surface area contributed by atoms with Crippen LogP contribution >= 0.6 is 22.9 Å². The van der Waals surface area contributed by atoms with Crippen LogP contribution in [0, 0.1) is 0 Å². The molecule has 1 amide bonds. The normalized spacial score (nSPS) is 19.9. The number of carbonyl (C=O) groups excluding carboxylic acids is 1. The zero-order valence-corrected chi connectivity index (χ0v) is 12.5. The molecule has 0 bridgehead atoms. The Bertz CT molecular complexity index is 469. The fourth-order valence-corrected chi connectivity index (χ4v) is 3.41. The lowest BCUT2D eigenvalue weighted by Gasteiger charge is -2.33. The number of hydrogen-bond acceptors (Lipinski definition) is 2. The largest absolute Gasteiger partial charge is 0.371 e. The molecule has 0 spiro atoms. The summed E-state index contributed by atoms with van der Waals surface area (Å²) in [5.74, 6) is 0.163. The summed E-state index contributed by atoms with van der Waals surface area (Å²) in [6.07, 6.45) is 4.87. The van der Waals surface area contributed by atoms with Gasteiger partial charge in [-0.1, -0.05) is 6.07 Å². The number of anilines is 1. The van der Waals surface area contributed by atoms with E-state index in [1.807, 2.05) is 12.1 Å². The van der Waals surface area contributed by atoms with Crippen LogP contribution in [0.3, 0.4) is 0 Å². The number of nitrogens with zero attached hydrogens (tertiary/aromatic N) is 2. The minimum absolute atomic E-state index is 0.163. The van der Waals surface area contributed by atoms with E-state index in [1.54, 1.807) is 3.11 Å². The first-order valence-electron chi connectivity index (χ1n) is 6.62. The minimum atomic E-state index is 0.163. The topological polar surface area (TPSA) is 23.6 Å². The van der Waals surface area contributed by atoms with Crippen LogP contribution in [0.2, 0.25) is 0 Å². The van der Waals surface area contributed by atoms with E-state index in [0.717, 1.165) is 31.6 Å². The Balaban J connectivity index is 1.98. The van der Waals surface area contributed by atoms with Gasteiger partial charge < -0.3 is 4.90 Å². The second-order valence-corrected chi connectivity index (χ2v) is 6.16. The summed E-state index contributed by atoms with van der Waals surface area (Å²) in [5.41, 5.74) is 3.46. The second-order valence-electron chi connectivity index (χ2n) is 4.99. The Hall–Kier alpha value is -0.780. The van der Waals surface area contributed by atoms with Crippen molar-refractivity contribution in [2.75, 3.05) is 24.5 Å². The standard InChI is InChI=1S/C14H17IN2O/c15-17-10-7-11-12(14(17)18)5-4-6-13(11)16-8-2-1-3-9-16/h4-6H,1-3,7-10H2. The molecule has 0 atom stereocenters. The van der Waals surface area contributed by atoms with Gasteiger partial charge in [0.1, 0.15) is 0 Å². The van der Waals surface area contributed by atoms with Crippen LogP contribution in [-0.2, 0) is 6.42 Å². The van der Waals surface area contributed by atoms with E-state index in [-0.39, 0.29) is 5.91 Å². The number of hydrogen-bond donors (Lipinski definition) is 0. The number of rotatable bonds is 1. The van der Waals surface area contributed by atoms with Crippen LogP contribution < -0.4 is 4.90 Å². The van der Waals surface area contributed by atoms with E-state index in [0.29, 0.717) is 0 Å². The maximum atomic E-state index is 12.2. The van der Waals surface area contributed by atoms with Crippen molar-refractivity contribution in [1.82, 2.24) is 3.11 Å². The molecule has 0 aromatic heterocycles. The molecule has 1 aromatic carbocycles. The molecule has 1 fully saturated rings. The molecule has 0 N–H and O–H groups in total. The van der Waals surface area contributed by atoms with E-state index in [1.165, 1.54) is 30.5 Å². The van der Waals surface area contributed by atoms with Crippen LogP contribution in [0.5, 0.6) is 0 Å². The summed E-state index contributed by atoms with van der Waals surface area (Å²) in [6, 6.07) is 6.17. The molecule has 3 nitrogen and oxygen atoms in total. The van der Waals surface area contributed by atoms with Crippen LogP contribution in [0.25, 0.3) is 0 Å². The predicted molar refractivity (Wildman–Crippen MR) is 81.3 cm³/mol. The molecule has 2 aliphatic heterocycles. The molecule has 0 aliphatic carbocycles. The second kappa shape index (κ2) is 5.07. The SMILES string of the molecule is O=C1c2cccc(N3CCCCC3)c2CCN1I. The average Bonchev–Trinajstić information content (AvgIpc) is 2.43. The fraction of sp³-hybridized carbons (Fsp3) is 0.500. The van der Waals surface area contributed by atoms with Crippen LogP contribution in [0.4, 0.5) is 5.69 Å². The number of carbonyl (C=O) groups is 1. The fourth-order valence-electron chi connectivity index (χ4n) is 2.91. The Morgan fingerprint density at radius 2 is 1.83 bits per heavy atom. The highest BCUT2D eigenvalue weighted by atomic mass is 127. The molecule has 18 heavy (non-hydrogen) atoms. The van der Waals surface area contributed by atoms with Gasteiger partial charge in [0.05, 0.1) is 22.9 Å². The third-order valence-electron chi connectivity index (χ3n) is 3.86. The zero-order chi connectivity index (χ0) is 12.5. The Labute approximate surface area is 122 Å². The quantitative estimate of drug-likeness (QED) is 0.571. The van der Waals surface area contributed by atoms with Gasteiger partial charge in [-0.25, -0.2) is 0 Å². The van der Waals surface area contributed by atoms with Crippen molar-refractivity contribution in [2.24, 2.45) is 0 Å². The maximum absolute atomic E-state index is 12.2. The van der Waals surface area contributed by atoms with Crippen molar-refractivity contribution in [3.05, 3.63) is 29.3 Å². The number of amides is 1. The van der Waals surface area contributed by atoms with Gasteiger partial charge in [0, 0.05) is 30.9 Å². The highest BCUT2D eigenvalue weighted by Crippen LogP contribution is 2.31. The van der Waals surface area contributed by atoms with Crippen molar-refractivity contribution in [3.8, 4) is 0 Å². The summed E-state index contributed by atoms with van der Waals surface area (Å²) in [6.45, 7) is 3.11. The molecule has 4 heteroatoms. The van der Waals surface area contributed by atoms with E-state index in [9.17, 15) is 4.79 Å². The molecule has 0 saturated carbocycles. The predicted octanol–water partition coefficient (Wildman–Crippen LogP) is 3.03. The van der Waals surface area contributed by atoms with Gasteiger partial charge in [-0.15, -0.1) is 0 Å². The van der Waals surface area contributed by atoms with Gasteiger partial charge in [0.25, 0.3) is 5.91 Å². The third-order valence-corrected chi connectivity index (χ3v) is 4.78. The van der Waals surface area contributed by atoms with E-state index in [4.69, 9.17) is 0 Å².